The molecule has 0 radical (unpaired) electrons. The molecular weight excluding hydrogens is 767 g/mol. The summed E-state index contributed by atoms with van der Waals surface area (Å²) >= 11 is 0. The van der Waals surface area contributed by atoms with E-state index in [2.05, 4.69) is 42.6 Å². The Labute approximate surface area is 354 Å². The van der Waals surface area contributed by atoms with E-state index in [0.29, 0.717) is 38.9 Å². The molecule has 332 valence electrons. The van der Waals surface area contributed by atoms with Crippen molar-refractivity contribution >= 4 is 39.5 Å². The van der Waals surface area contributed by atoms with Crippen molar-refractivity contribution in [1.29, 1.82) is 0 Å². The summed E-state index contributed by atoms with van der Waals surface area (Å²) in [5.74, 6) is -2.04. The third kappa shape index (κ3) is 7.65. The fourth-order valence-corrected chi connectivity index (χ4v) is 14.7. The van der Waals surface area contributed by atoms with E-state index in [1.807, 2.05) is 27.7 Å². The Morgan fingerprint density at radius 1 is 0.814 bits per heavy atom. The quantitative estimate of drug-likeness (QED) is 0.199. The van der Waals surface area contributed by atoms with Crippen LogP contribution in [0.5, 0.6) is 0 Å². The monoisotopic (exact) mass is 842 g/mol. The number of carbonyl (C=O) groups is 5. The van der Waals surface area contributed by atoms with Crippen LogP contribution >= 0.6 is 0 Å². The third-order valence-corrected chi connectivity index (χ3v) is 19.0. The molecular formula is C46H75N5O7S. The minimum atomic E-state index is -4.02. The lowest BCUT2D eigenvalue weighted by molar-refractivity contribution is -0.147. The minimum Gasteiger partial charge on any atom is -0.345 e. The molecule has 13 heteroatoms. The van der Waals surface area contributed by atoms with Crippen LogP contribution < -0.4 is 10.0 Å². The van der Waals surface area contributed by atoms with Crippen molar-refractivity contribution < 1.29 is 32.4 Å². The number of ketones is 2. The molecule has 4 saturated carbocycles. The zero-order valence-electron chi connectivity index (χ0n) is 37.5. The van der Waals surface area contributed by atoms with Crippen LogP contribution in [0.3, 0.4) is 0 Å². The van der Waals surface area contributed by atoms with Crippen molar-refractivity contribution in [3.8, 4) is 0 Å². The first-order valence-electron chi connectivity index (χ1n) is 23.4. The van der Waals surface area contributed by atoms with E-state index < -0.39 is 44.9 Å². The van der Waals surface area contributed by atoms with E-state index >= 15 is 4.79 Å². The van der Waals surface area contributed by atoms with Gasteiger partial charge in [-0.15, -0.1) is 0 Å². The standard InChI is InChI=1S/C46H75N5O7S/c1-9-32-26-44(32,41(56)48-59(57,58)49-22-13-14-23-49)28-37(53)35-27-46(43(7,8)45(46)20-16-21-45)29-51(35)40(55)33(42(4,5)6)25-36(52)38(31-17-11-10-12-18-31)47-39(54)34-19-15-24-50(34)30(2)3/h30-35,38H,9-29H2,1-8H3,(H,47,54)(H,48,56)/t32-,33-,34+,35+,38+,44-,46-/m1/s1. The Balaban J connectivity index is 1.15. The molecule has 4 aliphatic carbocycles. The summed E-state index contributed by atoms with van der Waals surface area (Å²) in [6, 6.07) is -1.49. The Morgan fingerprint density at radius 2 is 1.47 bits per heavy atom. The number of hydrogen-bond donors (Lipinski definition) is 2. The van der Waals surface area contributed by atoms with Gasteiger partial charge < -0.3 is 10.2 Å². The fraction of sp³-hybridized carbons (Fsp3) is 0.891. The predicted molar refractivity (Wildman–Crippen MR) is 227 cm³/mol. The van der Waals surface area contributed by atoms with Crippen LogP contribution in [0, 0.1) is 44.8 Å². The molecule has 2 spiro atoms. The normalized spacial score (nSPS) is 32.9. The van der Waals surface area contributed by atoms with Crippen LogP contribution in [0.1, 0.15) is 165 Å². The van der Waals surface area contributed by atoms with Gasteiger partial charge in [-0.2, -0.15) is 12.7 Å². The van der Waals surface area contributed by atoms with E-state index in [-0.39, 0.29) is 76.4 Å². The highest BCUT2D eigenvalue weighted by Crippen LogP contribution is 2.88. The molecule has 7 fully saturated rings. The highest BCUT2D eigenvalue weighted by Gasteiger charge is 2.85. The number of nitrogens with one attached hydrogen (secondary N) is 2. The van der Waals surface area contributed by atoms with Gasteiger partial charge in [0, 0.05) is 49.9 Å². The maximum atomic E-state index is 15.4. The Morgan fingerprint density at radius 3 is 2.02 bits per heavy atom. The second kappa shape index (κ2) is 16.1. The van der Waals surface area contributed by atoms with Gasteiger partial charge in [-0.05, 0) is 113 Å². The lowest BCUT2D eigenvalue weighted by atomic mass is 9.73. The predicted octanol–water partition coefficient (Wildman–Crippen LogP) is 6.18. The largest absolute Gasteiger partial charge is 0.345 e. The number of amides is 3. The first kappa shape index (κ1) is 44.7. The van der Waals surface area contributed by atoms with Crippen LogP contribution in [0.25, 0.3) is 0 Å². The van der Waals surface area contributed by atoms with Crippen molar-refractivity contribution in [1.82, 2.24) is 24.1 Å². The topological polar surface area (TPSA) is 153 Å². The number of nitrogens with zero attached hydrogens (tertiary/aromatic N) is 3. The van der Waals surface area contributed by atoms with E-state index in [4.69, 9.17) is 0 Å². The van der Waals surface area contributed by atoms with Crippen LogP contribution in [0.2, 0.25) is 0 Å². The molecule has 3 aliphatic heterocycles. The highest BCUT2D eigenvalue weighted by atomic mass is 32.2. The zero-order valence-corrected chi connectivity index (χ0v) is 38.3. The van der Waals surface area contributed by atoms with E-state index in [1.165, 1.54) is 4.31 Å². The fourth-order valence-electron chi connectivity index (χ4n) is 13.4. The summed E-state index contributed by atoms with van der Waals surface area (Å²) < 4.78 is 30.2. The number of fused-ring (bicyclic) bond motifs is 1. The van der Waals surface area contributed by atoms with Gasteiger partial charge >= 0.3 is 10.2 Å². The van der Waals surface area contributed by atoms with Gasteiger partial charge in [0.05, 0.1) is 23.5 Å². The van der Waals surface area contributed by atoms with Crippen LogP contribution in [-0.4, -0.2) is 102 Å². The number of Topliss-reactive ketones (excluding diaryl/α,β-unsaturated/α-hetero) is 2. The molecule has 12 nitrogen and oxygen atoms in total. The Bertz CT molecular complexity index is 1770. The van der Waals surface area contributed by atoms with Crippen LogP contribution in [0.15, 0.2) is 0 Å². The molecule has 0 unspecified atom stereocenters. The molecule has 7 atom stereocenters. The van der Waals surface area contributed by atoms with Gasteiger partial charge in [-0.25, -0.2) is 4.72 Å². The molecule has 0 bridgehead atoms. The van der Waals surface area contributed by atoms with E-state index in [1.54, 1.807) is 4.90 Å². The van der Waals surface area contributed by atoms with Crippen LogP contribution in [0.4, 0.5) is 0 Å². The van der Waals surface area contributed by atoms with Crippen molar-refractivity contribution in [2.75, 3.05) is 26.2 Å². The molecule has 7 aliphatic rings. The van der Waals surface area contributed by atoms with Gasteiger partial charge in [-0.3, -0.25) is 28.9 Å². The van der Waals surface area contributed by atoms with Crippen molar-refractivity contribution in [3.63, 3.8) is 0 Å². The van der Waals surface area contributed by atoms with Crippen molar-refractivity contribution in [2.24, 2.45) is 44.8 Å². The molecule has 59 heavy (non-hydrogen) atoms. The molecule has 3 amide bonds. The number of hydrogen-bond acceptors (Lipinski definition) is 8. The van der Waals surface area contributed by atoms with Gasteiger partial charge in [-0.1, -0.05) is 73.6 Å². The number of likely N-dealkylation sites (tertiary alicyclic amines) is 2. The van der Waals surface area contributed by atoms with Gasteiger partial charge in [0.1, 0.15) is 0 Å². The Kier molecular flexibility index (Phi) is 12.2. The van der Waals surface area contributed by atoms with Gasteiger partial charge in [0.15, 0.2) is 11.6 Å². The summed E-state index contributed by atoms with van der Waals surface area (Å²) in [5.41, 5.74) is -2.04. The lowest BCUT2D eigenvalue weighted by Crippen LogP contribution is -2.54. The first-order valence-corrected chi connectivity index (χ1v) is 24.8. The summed E-state index contributed by atoms with van der Waals surface area (Å²) in [6.07, 6.45) is 12.7. The first-order chi connectivity index (χ1) is 27.7. The highest BCUT2D eigenvalue weighted by molar-refractivity contribution is 7.87. The zero-order chi connectivity index (χ0) is 42.9. The second-order valence-electron chi connectivity index (χ2n) is 21.9. The average molecular weight is 842 g/mol. The summed E-state index contributed by atoms with van der Waals surface area (Å²) in [7, 11) is -4.02. The molecule has 0 aromatic heterocycles. The second-order valence-corrected chi connectivity index (χ2v) is 23.6. The number of rotatable bonds is 15. The van der Waals surface area contributed by atoms with Crippen LogP contribution in [-0.2, 0) is 34.2 Å². The van der Waals surface area contributed by atoms with Gasteiger partial charge in [0.25, 0.3) is 0 Å². The molecule has 7 rings (SSSR count). The SMILES string of the molecule is CC[C@@H]1C[C@]1(CC(=O)[C@@H]1C[C@@]2(CN1C(=O)[C@@H](CC(=O)[C@@H](NC(=O)[C@@H]1CCCN1C(C)C)C1CCCCC1)C(C)(C)C)C(C)(C)C21CCC1)C(=O)NS(=O)(=O)N1CCCC1. The summed E-state index contributed by atoms with van der Waals surface area (Å²) in [5, 5.41) is 3.26. The maximum Gasteiger partial charge on any atom is 0.303 e. The van der Waals surface area contributed by atoms with E-state index in [0.717, 1.165) is 83.6 Å². The molecule has 3 saturated heterocycles. The molecule has 2 N–H and O–H groups in total. The third-order valence-electron chi connectivity index (χ3n) is 17.5. The van der Waals surface area contributed by atoms with Crippen molar-refractivity contribution in [2.45, 2.75) is 189 Å². The number of carbonyl (C=O) groups excluding carboxylic acids is 5. The average Bonchev–Trinajstić information content (AvgIpc) is 3.59. The summed E-state index contributed by atoms with van der Waals surface area (Å²) in [6.45, 7) is 18.7. The molecule has 3 heterocycles. The Hall–Kier alpha value is -2.38. The lowest BCUT2D eigenvalue weighted by Gasteiger charge is -2.37. The maximum absolute atomic E-state index is 15.4. The molecule has 0 aromatic rings. The van der Waals surface area contributed by atoms with Gasteiger partial charge in [0.2, 0.25) is 17.7 Å². The molecule has 0 aromatic carbocycles. The van der Waals surface area contributed by atoms with Crippen molar-refractivity contribution in [3.05, 3.63) is 0 Å². The van der Waals surface area contributed by atoms with E-state index in [9.17, 15) is 27.6 Å². The smallest absolute Gasteiger partial charge is 0.303 e. The minimum absolute atomic E-state index is 0.0154. The summed E-state index contributed by atoms with van der Waals surface area (Å²) in [4.78, 5) is 77.1.